The van der Waals surface area contributed by atoms with E-state index < -0.39 is 11.5 Å². The van der Waals surface area contributed by atoms with E-state index in [0.717, 1.165) is 0 Å². The predicted octanol–water partition coefficient (Wildman–Crippen LogP) is 0.869. The number of aliphatic hydroxyl groups is 1. The molecule has 1 aliphatic heterocycles. The number of nitrogens with zero attached hydrogens (tertiary/aromatic N) is 3. The van der Waals surface area contributed by atoms with Gasteiger partial charge in [-0.1, -0.05) is 17.0 Å². The maximum Gasteiger partial charge on any atom is 0.271 e. The first kappa shape index (κ1) is 22.6. The summed E-state index contributed by atoms with van der Waals surface area (Å²) in [5, 5.41) is 28.9. The molecule has 3 rings (SSSR count). The number of likely N-dealkylation sites (N-methyl/N-ethyl adjacent to an activating group) is 1. The van der Waals surface area contributed by atoms with Crippen molar-refractivity contribution in [3.8, 4) is 11.8 Å². The SMILES string of the molecule is Cc1cc(C(C)(O)C#Cc2ccc(C(=N)C(=O)N(C)C)c(NC3=CCN=C(N)N3)c2)no1. The van der Waals surface area contributed by atoms with Gasteiger partial charge in [-0.3, -0.25) is 10.2 Å². The number of aromatic nitrogens is 1. The molecule has 32 heavy (non-hydrogen) atoms. The Morgan fingerprint density at radius 1 is 1.41 bits per heavy atom. The Kier molecular flexibility index (Phi) is 6.32. The molecule has 10 nitrogen and oxygen atoms in total. The van der Waals surface area contributed by atoms with Crippen LogP contribution in [-0.4, -0.2) is 53.4 Å². The summed E-state index contributed by atoms with van der Waals surface area (Å²) in [6.07, 6.45) is 1.79. The van der Waals surface area contributed by atoms with Crippen LogP contribution in [0.25, 0.3) is 0 Å². The minimum absolute atomic E-state index is 0.180. The number of anilines is 1. The maximum atomic E-state index is 12.4. The molecule has 1 aliphatic rings. The lowest BCUT2D eigenvalue weighted by Crippen LogP contribution is -2.36. The standard InChI is InChI=1S/C22H25N7O3/c1-13-11-17(28-32-13)22(2,31)9-7-14-5-6-15(19(23)20(30)29(3)4)16(12-14)26-18-8-10-25-21(24)27-18/h5-6,8,11-12,23,26,31H,10H2,1-4H3,(H3,24,25,27). The lowest BCUT2D eigenvalue weighted by atomic mass is 10.0. The molecule has 1 aromatic carbocycles. The number of aryl methyl sites for hydroxylation is 1. The van der Waals surface area contributed by atoms with E-state index in [4.69, 9.17) is 15.7 Å². The Morgan fingerprint density at radius 3 is 2.78 bits per heavy atom. The van der Waals surface area contributed by atoms with E-state index in [-0.39, 0.29) is 11.7 Å². The van der Waals surface area contributed by atoms with Crippen LogP contribution in [0.1, 0.15) is 29.5 Å². The van der Waals surface area contributed by atoms with Gasteiger partial charge in [0.15, 0.2) is 11.6 Å². The van der Waals surface area contributed by atoms with E-state index in [2.05, 4.69) is 32.6 Å². The van der Waals surface area contributed by atoms with Crippen molar-refractivity contribution in [2.24, 2.45) is 10.7 Å². The number of guanidine groups is 1. The maximum absolute atomic E-state index is 12.4. The Hall–Kier alpha value is -4.10. The molecule has 1 unspecified atom stereocenters. The van der Waals surface area contributed by atoms with E-state index in [1.54, 1.807) is 51.4 Å². The molecule has 166 valence electrons. The average molecular weight is 435 g/mol. The molecule has 0 saturated heterocycles. The van der Waals surface area contributed by atoms with Gasteiger partial charge in [-0.2, -0.15) is 0 Å². The predicted molar refractivity (Wildman–Crippen MR) is 121 cm³/mol. The molecule has 0 aliphatic carbocycles. The first-order valence-corrected chi connectivity index (χ1v) is 9.75. The average Bonchev–Trinajstić information content (AvgIpc) is 3.19. The van der Waals surface area contributed by atoms with Gasteiger partial charge in [-0.05, 0) is 38.1 Å². The zero-order valence-electron chi connectivity index (χ0n) is 18.3. The normalized spacial score (nSPS) is 14.7. The second-order valence-electron chi connectivity index (χ2n) is 7.57. The molecule has 1 amide bonds. The zero-order valence-corrected chi connectivity index (χ0v) is 18.3. The van der Waals surface area contributed by atoms with E-state index in [1.165, 1.54) is 11.8 Å². The quantitative estimate of drug-likeness (QED) is 0.345. The molecule has 2 heterocycles. The van der Waals surface area contributed by atoms with E-state index in [9.17, 15) is 9.90 Å². The molecule has 0 spiro atoms. The van der Waals surface area contributed by atoms with Gasteiger partial charge in [-0.25, -0.2) is 4.99 Å². The van der Waals surface area contributed by atoms with Crippen molar-refractivity contribution in [3.05, 3.63) is 58.7 Å². The van der Waals surface area contributed by atoms with Crippen LogP contribution < -0.4 is 16.4 Å². The fourth-order valence-corrected chi connectivity index (χ4v) is 2.83. The molecule has 6 N–H and O–H groups in total. The third-order valence-corrected chi connectivity index (χ3v) is 4.58. The fourth-order valence-electron chi connectivity index (χ4n) is 2.83. The molecular formula is C22H25N7O3. The van der Waals surface area contributed by atoms with Crippen molar-refractivity contribution < 1.29 is 14.4 Å². The highest BCUT2D eigenvalue weighted by Gasteiger charge is 2.24. The summed E-state index contributed by atoms with van der Waals surface area (Å²) >= 11 is 0. The van der Waals surface area contributed by atoms with Crippen molar-refractivity contribution in [3.63, 3.8) is 0 Å². The molecule has 2 aromatic rings. The smallest absolute Gasteiger partial charge is 0.271 e. The Labute approximate surface area is 185 Å². The second kappa shape index (κ2) is 8.95. The Bertz CT molecular complexity index is 1180. The van der Waals surface area contributed by atoms with Gasteiger partial charge in [0.2, 0.25) is 0 Å². The highest BCUT2D eigenvalue weighted by molar-refractivity contribution is 6.45. The van der Waals surface area contributed by atoms with Crippen molar-refractivity contribution in [1.29, 1.82) is 5.41 Å². The third-order valence-electron chi connectivity index (χ3n) is 4.58. The number of rotatable bonds is 5. The summed E-state index contributed by atoms with van der Waals surface area (Å²) in [7, 11) is 3.17. The van der Waals surface area contributed by atoms with Crippen molar-refractivity contribution in [1.82, 2.24) is 15.4 Å². The minimum atomic E-state index is -1.52. The fraction of sp³-hybridized carbons (Fsp3) is 0.273. The van der Waals surface area contributed by atoms with Crippen LogP contribution >= 0.6 is 0 Å². The first-order valence-electron chi connectivity index (χ1n) is 9.75. The number of hydrogen-bond donors (Lipinski definition) is 5. The van der Waals surface area contributed by atoms with Gasteiger partial charge >= 0.3 is 0 Å². The first-order chi connectivity index (χ1) is 15.1. The summed E-state index contributed by atoms with van der Waals surface area (Å²) < 4.78 is 5.02. The van der Waals surface area contributed by atoms with Crippen LogP contribution in [0, 0.1) is 24.2 Å². The Morgan fingerprint density at radius 2 is 2.16 bits per heavy atom. The van der Waals surface area contributed by atoms with Crippen molar-refractivity contribution in [2.45, 2.75) is 19.4 Å². The summed E-state index contributed by atoms with van der Waals surface area (Å²) in [4.78, 5) is 17.7. The highest BCUT2D eigenvalue weighted by atomic mass is 16.5. The van der Waals surface area contributed by atoms with Crippen molar-refractivity contribution in [2.75, 3.05) is 26.0 Å². The van der Waals surface area contributed by atoms with Gasteiger partial charge in [0.1, 0.15) is 23.0 Å². The van der Waals surface area contributed by atoms with E-state index >= 15 is 0 Å². The number of hydrogen-bond acceptors (Lipinski definition) is 9. The number of carbonyl (C=O) groups is 1. The van der Waals surface area contributed by atoms with E-state index in [0.29, 0.717) is 40.6 Å². The number of nitrogens with two attached hydrogens (primary N) is 1. The lowest BCUT2D eigenvalue weighted by molar-refractivity contribution is -0.121. The van der Waals surface area contributed by atoms with Gasteiger partial charge in [0.25, 0.3) is 5.91 Å². The van der Waals surface area contributed by atoms with Crippen molar-refractivity contribution >= 4 is 23.3 Å². The van der Waals surface area contributed by atoms with Gasteiger partial charge < -0.3 is 30.9 Å². The van der Waals surface area contributed by atoms with Crippen LogP contribution in [0.5, 0.6) is 0 Å². The summed E-state index contributed by atoms with van der Waals surface area (Å²) in [5.74, 6) is 6.66. The number of benzene rings is 1. The van der Waals surface area contributed by atoms with Crippen LogP contribution in [0.2, 0.25) is 0 Å². The molecule has 10 heteroatoms. The lowest BCUT2D eigenvalue weighted by Gasteiger charge is -2.19. The summed E-state index contributed by atoms with van der Waals surface area (Å²) in [6.45, 7) is 3.64. The van der Waals surface area contributed by atoms with Crippen LogP contribution in [0.15, 0.2) is 45.7 Å². The summed E-state index contributed by atoms with van der Waals surface area (Å²) in [6, 6.07) is 6.61. The topological polar surface area (TPSA) is 153 Å². The van der Waals surface area contributed by atoms with Gasteiger partial charge in [-0.15, -0.1) is 0 Å². The second-order valence-corrected chi connectivity index (χ2v) is 7.57. The number of amides is 1. The monoisotopic (exact) mass is 435 g/mol. The Balaban J connectivity index is 1.96. The zero-order chi connectivity index (χ0) is 23.5. The largest absolute Gasteiger partial charge is 0.372 e. The number of nitrogens with one attached hydrogen (secondary N) is 3. The number of carbonyl (C=O) groups excluding carboxylic acids is 1. The van der Waals surface area contributed by atoms with Gasteiger partial charge in [0, 0.05) is 31.3 Å². The molecule has 1 aromatic heterocycles. The molecule has 0 radical (unpaired) electrons. The highest BCUT2D eigenvalue weighted by Crippen LogP contribution is 2.22. The minimum Gasteiger partial charge on any atom is -0.372 e. The van der Waals surface area contributed by atoms with Crippen LogP contribution in [0.3, 0.4) is 0 Å². The number of aliphatic imine (C=N–C) groups is 1. The third kappa shape index (κ3) is 5.14. The van der Waals surface area contributed by atoms with E-state index in [1.807, 2.05) is 0 Å². The molecule has 1 atom stereocenters. The van der Waals surface area contributed by atoms with Gasteiger partial charge in [0.05, 0.1) is 12.2 Å². The van der Waals surface area contributed by atoms with Crippen LogP contribution in [0.4, 0.5) is 5.69 Å². The molecule has 0 bridgehead atoms. The molecule has 0 fully saturated rings. The molecule has 0 saturated carbocycles. The molecular weight excluding hydrogens is 410 g/mol. The summed E-state index contributed by atoms with van der Waals surface area (Å²) in [5.41, 5.74) is 5.76. The van der Waals surface area contributed by atoms with Crippen LogP contribution in [-0.2, 0) is 10.4 Å².